The molecule has 0 fully saturated rings. The topological polar surface area (TPSA) is 47.9 Å². The molecular formula is C16H13ClNO3S. The molecule has 0 unspecified atom stereocenters. The molecule has 0 aromatic carbocycles. The van der Waals surface area contributed by atoms with E-state index in [0.29, 0.717) is 38.3 Å². The summed E-state index contributed by atoms with van der Waals surface area (Å²) < 4.78 is 10.5. The molecule has 0 saturated carbocycles. The molecule has 1 aliphatic heterocycles. The van der Waals surface area contributed by atoms with E-state index in [2.05, 4.69) is 11.1 Å². The van der Waals surface area contributed by atoms with Crippen LogP contribution < -0.4 is 4.74 Å². The van der Waals surface area contributed by atoms with Crippen molar-refractivity contribution >= 4 is 34.4 Å². The Labute approximate surface area is 137 Å². The molecule has 0 spiro atoms. The number of carbonyl (C=O) groups excluding carboxylic acids is 1. The largest absolute Gasteiger partial charge is 0.495 e. The summed E-state index contributed by atoms with van der Waals surface area (Å²) in [6.07, 6.45) is 3.59. The maximum Gasteiger partial charge on any atom is 0.207 e. The van der Waals surface area contributed by atoms with Crippen molar-refractivity contribution < 1.29 is 14.3 Å². The molecule has 1 aromatic rings. The van der Waals surface area contributed by atoms with E-state index in [1.807, 2.05) is 6.92 Å². The van der Waals surface area contributed by atoms with Gasteiger partial charge in [0.25, 0.3) is 0 Å². The first-order chi connectivity index (χ1) is 10.5. The van der Waals surface area contributed by atoms with Crippen LogP contribution in [0.3, 0.4) is 0 Å². The zero-order valence-electron chi connectivity index (χ0n) is 12.3. The number of halogens is 1. The van der Waals surface area contributed by atoms with Gasteiger partial charge in [-0.1, -0.05) is 22.9 Å². The highest BCUT2D eigenvalue weighted by Crippen LogP contribution is 2.38. The number of rotatable bonds is 4. The van der Waals surface area contributed by atoms with Crippen molar-refractivity contribution in [2.24, 2.45) is 4.99 Å². The second kappa shape index (κ2) is 5.74. The first kappa shape index (κ1) is 15.1. The van der Waals surface area contributed by atoms with Crippen molar-refractivity contribution in [3.05, 3.63) is 50.7 Å². The summed E-state index contributed by atoms with van der Waals surface area (Å²) >= 11 is 7.57. The van der Waals surface area contributed by atoms with Gasteiger partial charge in [0.1, 0.15) is 5.76 Å². The van der Waals surface area contributed by atoms with Gasteiger partial charge in [-0.05, 0) is 19.1 Å². The summed E-state index contributed by atoms with van der Waals surface area (Å²) in [4.78, 5) is 17.9. The van der Waals surface area contributed by atoms with Crippen molar-refractivity contribution in [3.63, 3.8) is 0 Å². The number of hydrogen-bond donors (Lipinski definition) is 0. The van der Waals surface area contributed by atoms with Crippen LogP contribution in [0, 0.1) is 6.08 Å². The number of hydrogen-bond acceptors (Lipinski definition) is 5. The number of allylic oxidation sites excluding steroid dienone is 5. The van der Waals surface area contributed by atoms with Crippen LogP contribution in [-0.2, 0) is 4.74 Å². The van der Waals surface area contributed by atoms with E-state index < -0.39 is 0 Å². The zero-order valence-corrected chi connectivity index (χ0v) is 13.9. The lowest BCUT2D eigenvalue weighted by Crippen LogP contribution is -2.18. The molecule has 2 heterocycles. The second-order valence-corrected chi connectivity index (χ2v) is 6.29. The minimum absolute atomic E-state index is 0.159. The van der Waals surface area contributed by atoms with Crippen molar-refractivity contribution in [1.82, 2.24) is 0 Å². The fourth-order valence-electron chi connectivity index (χ4n) is 2.46. The molecule has 0 N–H and O–H groups in total. The average molecular weight is 335 g/mol. The van der Waals surface area contributed by atoms with Crippen LogP contribution in [0.15, 0.2) is 44.8 Å². The standard InChI is InChI=1S/C16H13ClNO3S/c1-8-6-9-11(18-8)7-10(17)16(21-3)14(9)15(19)12-4-5-13(20-2)22-12/h4-5H,7H2,1-3H3. The van der Waals surface area contributed by atoms with Gasteiger partial charge >= 0.3 is 0 Å². The summed E-state index contributed by atoms with van der Waals surface area (Å²) in [7, 11) is 3.08. The molecule has 6 heteroatoms. The third-order valence-electron chi connectivity index (χ3n) is 3.38. The number of aliphatic imine (C=N–C) groups is 1. The SMILES string of the molecule is COC1=C(Cl)CC2=NC(C)=[C]C2=C1C(=O)c1ccc(OC)s1. The predicted molar refractivity (Wildman–Crippen MR) is 86.6 cm³/mol. The van der Waals surface area contributed by atoms with E-state index in [0.717, 1.165) is 11.4 Å². The number of thiophene rings is 1. The summed E-state index contributed by atoms with van der Waals surface area (Å²) in [5, 5.41) is 1.16. The van der Waals surface area contributed by atoms with Gasteiger partial charge in [-0.2, -0.15) is 0 Å². The number of nitrogens with zero attached hydrogens (tertiary/aromatic N) is 1. The van der Waals surface area contributed by atoms with Crippen LogP contribution in [0.4, 0.5) is 0 Å². The highest BCUT2D eigenvalue weighted by atomic mass is 35.5. The van der Waals surface area contributed by atoms with Crippen LogP contribution >= 0.6 is 22.9 Å². The lowest BCUT2D eigenvalue weighted by molar-refractivity contribution is 0.103. The fourth-order valence-corrected chi connectivity index (χ4v) is 3.52. The second-order valence-electron chi connectivity index (χ2n) is 4.79. The van der Waals surface area contributed by atoms with Gasteiger partial charge in [-0.25, -0.2) is 0 Å². The summed E-state index contributed by atoms with van der Waals surface area (Å²) in [6, 6.07) is 3.50. The van der Waals surface area contributed by atoms with E-state index in [9.17, 15) is 4.79 Å². The van der Waals surface area contributed by atoms with Crippen molar-refractivity contribution in [3.8, 4) is 5.06 Å². The van der Waals surface area contributed by atoms with Gasteiger partial charge in [-0.15, -0.1) is 0 Å². The van der Waals surface area contributed by atoms with Gasteiger partial charge in [0.2, 0.25) is 5.78 Å². The number of fused-ring (bicyclic) bond motifs is 1. The fraction of sp³-hybridized carbons (Fsp3) is 0.250. The van der Waals surface area contributed by atoms with Crippen LogP contribution in [-0.4, -0.2) is 25.7 Å². The summed E-state index contributed by atoms with van der Waals surface area (Å²) in [5.41, 5.74) is 2.59. The van der Waals surface area contributed by atoms with Crippen molar-refractivity contribution in [1.29, 1.82) is 0 Å². The van der Waals surface area contributed by atoms with Gasteiger partial charge in [0.05, 0.1) is 35.4 Å². The third-order valence-corrected chi connectivity index (χ3v) is 4.73. The number of carbonyl (C=O) groups is 1. The molecule has 1 aromatic heterocycles. The number of methoxy groups -OCH3 is 2. The molecule has 2 aliphatic rings. The summed E-state index contributed by atoms with van der Waals surface area (Å²) in [5.74, 6) is 0.239. The van der Waals surface area contributed by atoms with Crippen LogP contribution in [0.5, 0.6) is 5.06 Å². The average Bonchev–Trinajstić information content (AvgIpc) is 3.10. The Hall–Kier alpha value is -1.85. The minimum atomic E-state index is -0.159. The van der Waals surface area contributed by atoms with Crippen LogP contribution in [0.1, 0.15) is 23.0 Å². The lowest BCUT2D eigenvalue weighted by atomic mass is 9.91. The molecule has 1 aliphatic carbocycles. The molecule has 0 amide bonds. The molecule has 0 saturated heterocycles. The Morgan fingerprint density at radius 3 is 2.77 bits per heavy atom. The van der Waals surface area contributed by atoms with E-state index in [1.54, 1.807) is 19.2 Å². The van der Waals surface area contributed by atoms with Crippen LogP contribution in [0.25, 0.3) is 0 Å². The van der Waals surface area contributed by atoms with Gasteiger partial charge < -0.3 is 9.47 Å². The predicted octanol–water partition coefficient (Wildman–Crippen LogP) is 3.90. The Kier molecular flexibility index (Phi) is 3.93. The lowest BCUT2D eigenvalue weighted by Gasteiger charge is -2.19. The zero-order chi connectivity index (χ0) is 15.9. The van der Waals surface area contributed by atoms with E-state index in [-0.39, 0.29) is 5.78 Å². The smallest absolute Gasteiger partial charge is 0.207 e. The van der Waals surface area contributed by atoms with E-state index in [4.69, 9.17) is 21.1 Å². The molecular weight excluding hydrogens is 322 g/mol. The van der Waals surface area contributed by atoms with Gasteiger partial charge in [-0.3, -0.25) is 9.79 Å². The van der Waals surface area contributed by atoms with E-state index >= 15 is 0 Å². The normalized spacial score (nSPS) is 17.3. The third kappa shape index (κ3) is 2.40. The molecule has 1 radical (unpaired) electrons. The monoisotopic (exact) mass is 334 g/mol. The first-order valence-electron chi connectivity index (χ1n) is 6.59. The van der Waals surface area contributed by atoms with E-state index in [1.165, 1.54) is 18.4 Å². The Balaban J connectivity index is 2.13. The number of Topliss-reactive ketones (excluding diaryl/α,β-unsaturated/α-hetero) is 1. The minimum Gasteiger partial charge on any atom is -0.495 e. The molecule has 0 atom stereocenters. The first-order valence-corrected chi connectivity index (χ1v) is 7.79. The number of ketones is 1. The molecule has 113 valence electrons. The van der Waals surface area contributed by atoms with Gasteiger partial charge in [0.15, 0.2) is 5.06 Å². The van der Waals surface area contributed by atoms with Crippen LogP contribution in [0.2, 0.25) is 0 Å². The maximum absolute atomic E-state index is 12.9. The quantitative estimate of drug-likeness (QED) is 0.785. The number of ether oxygens (including phenoxy) is 2. The molecule has 0 bridgehead atoms. The summed E-state index contributed by atoms with van der Waals surface area (Å²) in [6.45, 7) is 1.84. The van der Waals surface area contributed by atoms with Crippen molar-refractivity contribution in [2.45, 2.75) is 13.3 Å². The maximum atomic E-state index is 12.9. The van der Waals surface area contributed by atoms with Crippen molar-refractivity contribution in [2.75, 3.05) is 14.2 Å². The molecule has 22 heavy (non-hydrogen) atoms. The van der Waals surface area contributed by atoms with Gasteiger partial charge in [0, 0.05) is 23.8 Å². The highest BCUT2D eigenvalue weighted by molar-refractivity contribution is 7.16. The molecule has 4 nitrogen and oxygen atoms in total. The highest BCUT2D eigenvalue weighted by Gasteiger charge is 2.33. The Bertz CT molecular complexity index is 783. The Morgan fingerprint density at radius 2 is 2.14 bits per heavy atom. The Morgan fingerprint density at radius 1 is 1.36 bits per heavy atom. The molecule has 3 rings (SSSR count).